The molecule has 0 spiro atoms. The lowest BCUT2D eigenvalue weighted by molar-refractivity contribution is 0.399. The minimum absolute atomic E-state index is 0.0508. The van der Waals surface area contributed by atoms with Crippen LogP contribution in [-0.4, -0.2) is 19.9 Å². The molecule has 0 radical (unpaired) electrons. The number of hydrogen-bond donors (Lipinski definition) is 3. The Morgan fingerprint density at radius 1 is 0.758 bits per heavy atom. The number of fused-ring (bicyclic) bond motifs is 1. The molecular formula is C27H21N3O2S. The van der Waals surface area contributed by atoms with Gasteiger partial charge >= 0.3 is 0 Å². The minimum atomic E-state index is -0.0514. The normalized spacial score (nSPS) is 11.6. The van der Waals surface area contributed by atoms with Gasteiger partial charge in [0.25, 0.3) is 0 Å². The summed E-state index contributed by atoms with van der Waals surface area (Å²) in [5, 5.41) is 27.7. The molecule has 0 bridgehead atoms. The topological polar surface area (TPSA) is 69.8 Å². The second-order valence-corrected chi connectivity index (χ2v) is 8.40. The summed E-state index contributed by atoms with van der Waals surface area (Å²) in [7, 11) is 0. The molecule has 1 heterocycles. The van der Waals surface area contributed by atoms with Crippen molar-refractivity contribution in [2.24, 2.45) is 4.99 Å². The third-order valence-corrected chi connectivity index (χ3v) is 6.05. The fourth-order valence-electron chi connectivity index (χ4n) is 3.63. The van der Waals surface area contributed by atoms with Crippen LogP contribution in [0.4, 0.5) is 11.4 Å². The molecular weight excluding hydrogens is 430 g/mol. The summed E-state index contributed by atoms with van der Waals surface area (Å²) in [6.07, 6.45) is 0. The number of thioether (sulfide) groups is 1. The van der Waals surface area contributed by atoms with Crippen molar-refractivity contribution in [3.05, 3.63) is 109 Å². The van der Waals surface area contributed by atoms with E-state index in [1.54, 1.807) is 6.07 Å². The Labute approximate surface area is 195 Å². The Kier molecular flexibility index (Phi) is 5.74. The molecule has 0 amide bonds. The fourth-order valence-corrected chi connectivity index (χ4v) is 4.50. The number of aromatic nitrogens is 1. The van der Waals surface area contributed by atoms with Crippen molar-refractivity contribution in [3.8, 4) is 17.4 Å². The molecule has 0 atom stereocenters. The maximum atomic E-state index is 11.1. The van der Waals surface area contributed by atoms with Crippen molar-refractivity contribution >= 4 is 39.1 Å². The highest BCUT2D eigenvalue weighted by atomic mass is 32.2. The van der Waals surface area contributed by atoms with Crippen LogP contribution in [0, 0.1) is 0 Å². The summed E-state index contributed by atoms with van der Waals surface area (Å²) in [6, 6.07) is 34.5. The van der Waals surface area contributed by atoms with Gasteiger partial charge in [0.1, 0.15) is 0 Å². The van der Waals surface area contributed by atoms with Gasteiger partial charge in [0.15, 0.2) is 11.0 Å². The summed E-state index contributed by atoms with van der Waals surface area (Å²) >= 11 is 1.25. The number of hydrogen-bond acceptors (Lipinski definition) is 4. The van der Waals surface area contributed by atoms with Gasteiger partial charge in [-0.05, 0) is 47.5 Å². The smallest absolute Gasteiger partial charge is 0.213 e. The van der Waals surface area contributed by atoms with Crippen molar-refractivity contribution in [3.63, 3.8) is 0 Å². The number of nitrogens with one attached hydrogen (secondary N) is 1. The first-order valence-corrected chi connectivity index (χ1v) is 11.3. The first-order valence-electron chi connectivity index (χ1n) is 10.4. The van der Waals surface area contributed by atoms with E-state index in [9.17, 15) is 10.2 Å². The van der Waals surface area contributed by atoms with E-state index in [0.29, 0.717) is 15.8 Å². The van der Waals surface area contributed by atoms with E-state index in [1.807, 2.05) is 103 Å². The Bertz CT molecular complexity index is 1430. The predicted octanol–water partition coefficient (Wildman–Crippen LogP) is 6.93. The zero-order chi connectivity index (χ0) is 22.6. The van der Waals surface area contributed by atoms with E-state index >= 15 is 0 Å². The minimum Gasteiger partial charge on any atom is -0.494 e. The van der Waals surface area contributed by atoms with E-state index in [2.05, 4.69) is 5.32 Å². The lowest BCUT2D eigenvalue weighted by atomic mass is 10.1. The zero-order valence-corrected chi connectivity index (χ0v) is 18.4. The molecule has 5 rings (SSSR count). The lowest BCUT2D eigenvalue weighted by Gasteiger charge is -2.12. The number of aromatic hydroxyl groups is 2. The second kappa shape index (κ2) is 9.14. The van der Waals surface area contributed by atoms with E-state index in [-0.39, 0.29) is 11.8 Å². The highest BCUT2D eigenvalue weighted by Gasteiger charge is 2.19. The SMILES string of the molecule is Oc1cc(SC(=Nc2ccccc2)Nc2ccccc2)c(O)n1-c1cccc2ccccc12. The molecule has 5 nitrogen and oxygen atoms in total. The van der Waals surface area contributed by atoms with E-state index in [1.165, 1.54) is 16.3 Å². The van der Waals surface area contributed by atoms with Gasteiger partial charge in [-0.15, -0.1) is 0 Å². The van der Waals surface area contributed by atoms with Gasteiger partial charge in [-0.25, -0.2) is 9.56 Å². The van der Waals surface area contributed by atoms with Crippen molar-refractivity contribution < 1.29 is 10.2 Å². The molecule has 162 valence electrons. The molecule has 0 fully saturated rings. The first kappa shape index (κ1) is 20.7. The number of para-hydroxylation sites is 2. The van der Waals surface area contributed by atoms with Crippen molar-refractivity contribution in [2.45, 2.75) is 4.90 Å². The summed E-state index contributed by atoms with van der Waals surface area (Å²) in [5.41, 5.74) is 2.35. The van der Waals surface area contributed by atoms with Crippen LogP contribution < -0.4 is 5.32 Å². The fraction of sp³-hybridized carbons (Fsp3) is 0. The number of anilines is 1. The quantitative estimate of drug-likeness (QED) is 0.157. The molecule has 1 aromatic heterocycles. The summed E-state index contributed by atoms with van der Waals surface area (Å²) < 4.78 is 1.45. The van der Waals surface area contributed by atoms with Gasteiger partial charge in [0.05, 0.1) is 16.3 Å². The first-order chi connectivity index (χ1) is 16.2. The molecule has 0 unspecified atom stereocenters. The molecule has 0 aliphatic heterocycles. The number of rotatable bonds is 4. The number of aliphatic imine (C=N–C) groups is 1. The van der Waals surface area contributed by atoms with Gasteiger partial charge in [0.2, 0.25) is 5.88 Å². The third-order valence-electron chi connectivity index (χ3n) is 5.15. The Morgan fingerprint density at radius 3 is 2.21 bits per heavy atom. The number of nitrogens with zero attached hydrogens (tertiary/aromatic N) is 2. The Balaban J connectivity index is 1.55. The van der Waals surface area contributed by atoms with E-state index in [0.717, 1.165) is 22.1 Å². The monoisotopic (exact) mass is 451 g/mol. The van der Waals surface area contributed by atoms with Crippen LogP contribution in [0.25, 0.3) is 16.5 Å². The molecule has 5 aromatic rings. The second-order valence-electron chi connectivity index (χ2n) is 7.37. The highest BCUT2D eigenvalue weighted by molar-refractivity contribution is 8.14. The van der Waals surface area contributed by atoms with Crippen molar-refractivity contribution in [1.82, 2.24) is 4.57 Å². The van der Waals surface area contributed by atoms with Gasteiger partial charge in [-0.3, -0.25) is 0 Å². The summed E-state index contributed by atoms with van der Waals surface area (Å²) in [5.74, 6) is -0.102. The molecule has 0 aliphatic carbocycles. The van der Waals surface area contributed by atoms with Gasteiger partial charge < -0.3 is 15.5 Å². The van der Waals surface area contributed by atoms with Crippen LogP contribution in [0.1, 0.15) is 0 Å². The summed E-state index contributed by atoms with van der Waals surface area (Å²) in [6.45, 7) is 0. The van der Waals surface area contributed by atoms with Crippen LogP contribution in [-0.2, 0) is 0 Å². The zero-order valence-electron chi connectivity index (χ0n) is 17.6. The van der Waals surface area contributed by atoms with E-state index in [4.69, 9.17) is 4.99 Å². The van der Waals surface area contributed by atoms with Crippen LogP contribution in [0.2, 0.25) is 0 Å². The number of amidine groups is 1. The Morgan fingerprint density at radius 2 is 1.42 bits per heavy atom. The van der Waals surface area contributed by atoms with Gasteiger partial charge in [-0.2, -0.15) is 0 Å². The highest BCUT2D eigenvalue weighted by Crippen LogP contribution is 2.40. The average Bonchev–Trinajstić information content (AvgIpc) is 3.12. The van der Waals surface area contributed by atoms with Gasteiger partial charge in [-0.1, -0.05) is 72.8 Å². The Hall–Kier alpha value is -4.16. The maximum Gasteiger partial charge on any atom is 0.213 e. The molecule has 0 saturated carbocycles. The lowest BCUT2D eigenvalue weighted by Crippen LogP contribution is -2.07. The van der Waals surface area contributed by atoms with E-state index < -0.39 is 0 Å². The molecule has 33 heavy (non-hydrogen) atoms. The summed E-state index contributed by atoms with van der Waals surface area (Å²) in [4.78, 5) is 5.20. The van der Waals surface area contributed by atoms with Crippen molar-refractivity contribution in [1.29, 1.82) is 0 Å². The third kappa shape index (κ3) is 4.42. The standard InChI is InChI=1S/C27H21N3O2S/c31-25-18-24(26(32)30(25)23-17-9-11-19-10-7-8-16-22(19)23)33-27(28-20-12-3-1-4-13-20)29-21-14-5-2-6-15-21/h1-18,31-32H,(H,28,29). The van der Waals surface area contributed by atoms with Crippen LogP contribution in [0.5, 0.6) is 11.8 Å². The molecule has 0 aliphatic rings. The predicted molar refractivity (Wildman–Crippen MR) is 136 cm³/mol. The number of benzene rings is 4. The molecule has 6 heteroatoms. The molecule has 0 saturated heterocycles. The largest absolute Gasteiger partial charge is 0.494 e. The maximum absolute atomic E-state index is 11.1. The van der Waals surface area contributed by atoms with Crippen LogP contribution in [0.3, 0.4) is 0 Å². The van der Waals surface area contributed by atoms with Crippen LogP contribution in [0.15, 0.2) is 119 Å². The van der Waals surface area contributed by atoms with Crippen LogP contribution >= 0.6 is 11.8 Å². The van der Waals surface area contributed by atoms with Crippen molar-refractivity contribution in [2.75, 3.05) is 5.32 Å². The molecule has 4 aromatic carbocycles. The average molecular weight is 452 g/mol. The molecule has 3 N–H and O–H groups in total. The van der Waals surface area contributed by atoms with Gasteiger partial charge in [0, 0.05) is 17.1 Å².